The first-order valence-corrected chi connectivity index (χ1v) is 11.1. The van der Waals surface area contributed by atoms with Crippen LogP contribution in [0.1, 0.15) is 84.9 Å². The van der Waals surface area contributed by atoms with Gasteiger partial charge < -0.3 is 4.74 Å². The third-order valence-corrected chi connectivity index (χ3v) is 6.33. The van der Waals surface area contributed by atoms with Gasteiger partial charge in [-0.3, -0.25) is 4.79 Å². The van der Waals surface area contributed by atoms with Crippen LogP contribution in [-0.4, -0.2) is 12.4 Å². The molecule has 0 fully saturated rings. The summed E-state index contributed by atoms with van der Waals surface area (Å²) in [5, 5.41) is 0.952. The Bertz CT molecular complexity index is 827. The lowest BCUT2D eigenvalue weighted by molar-refractivity contribution is -0.115. The van der Waals surface area contributed by atoms with Crippen LogP contribution in [0.5, 0.6) is 5.75 Å². The van der Waals surface area contributed by atoms with Crippen LogP contribution in [0.3, 0.4) is 0 Å². The summed E-state index contributed by atoms with van der Waals surface area (Å²) in [6, 6.07) is 4.41. The summed E-state index contributed by atoms with van der Waals surface area (Å²) in [5.41, 5.74) is 5.02. The Morgan fingerprint density at radius 2 is 1.52 bits per heavy atom. The molecule has 1 aromatic carbocycles. The number of carbonyl (C=O) groups excluding carboxylic acids is 1. The lowest BCUT2D eigenvalue weighted by Crippen LogP contribution is -2.20. The fourth-order valence-electron chi connectivity index (χ4n) is 3.62. The van der Waals surface area contributed by atoms with Crippen molar-refractivity contribution in [3.63, 3.8) is 0 Å². The number of halogens is 2. The normalized spacial score (nSPS) is 15.4. The van der Waals surface area contributed by atoms with E-state index in [0.29, 0.717) is 41.5 Å². The molecule has 2 nitrogen and oxygen atoms in total. The van der Waals surface area contributed by atoms with Crippen LogP contribution in [0, 0.1) is 0 Å². The minimum atomic E-state index is -0.0592. The molecule has 1 aromatic rings. The molecular weight excluding hydrogens is 403 g/mol. The van der Waals surface area contributed by atoms with Crippen molar-refractivity contribution < 1.29 is 9.53 Å². The molecule has 0 spiro atoms. The number of allylic oxidation sites excluding steroid dienone is 4. The maximum atomic E-state index is 12.8. The van der Waals surface area contributed by atoms with Crippen LogP contribution >= 0.6 is 23.2 Å². The average Bonchev–Trinajstić information content (AvgIpc) is 2.86. The highest BCUT2D eigenvalue weighted by Crippen LogP contribution is 2.41. The number of ketones is 1. The van der Waals surface area contributed by atoms with Crippen molar-refractivity contribution in [1.29, 1.82) is 0 Å². The van der Waals surface area contributed by atoms with Crippen LogP contribution in [-0.2, 0) is 22.0 Å². The van der Waals surface area contributed by atoms with E-state index in [2.05, 4.69) is 53.7 Å². The number of rotatable bonds is 6. The zero-order chi connectivity index (χ0) is 22.1. The van der Waals surface area contributed by atoms with E-state index in [1.165, 1.54) is 11.1 Å². The molecule has 0 amide bonds. The maximum Gasteiger partial charge on any atom is 0.161 e. The second kappa shape index (κ2) is 8.86. The van der Waals surface area contributed by atoms with E-state index < -0.39 is 0 Å². The van der Waals surface area contributed by atoms with Crippen LogP contribution in [0.4, 0.5) is 0 Å². The molecule has 29 heavy (non-hydrogen) atoms. The molecule has 0 aliphatic heterocycles. The average molecular weight is 437 g/mol. The number of Topliss-reactive ketones (excluding diaryl/α,β-unsaturated/α-hetero) is 1. The summed E-state index contributed by atoms with van der Waals surface area (Å²) in [7, 11) is 0. The van der Waals surface area contributed by atoms with Crippen LogP contribution in [0.2, 0.25) is 0 Å². The van der Waals surface area contributed by atoms with Crippen molar-refractivity contribution in [2.75, 3.05) is 6.61 Å². The van der Waals surface area contributed by atoms with E-state index in [4.69, 9.17) is 27.9 Å². The molecule has 0 atom stereocenters. The second-order valence-corrected chi connectivity index (χ2v) is 10.7. The number of benzene rings is 1. The predicted octanol–water partition coefficient (Wildman–Crippen LogP) is 7.59. The Kier molecular flexibility index (Phi) is 7.34. The van der Waals surface area contributed by atoms with Crippen LogP contribution in [0.15, 0.2) is 33.3 Å². The molecule has 0 aromatic heterocycles. The lowest BCUT2D eigenvalue weighted by atomic mass is 9.78. The molecule has 2 rings (SSSR count). The first-order chi connectivity index (χ1) is 13.3. The summed E-state index contributed by atoms with van der Waals surface area (Å²) >= 11 is 12.5. The van der Waals surface area contributed by atoms with Gasteiger partial charge in [0, 0.05) is 23.1 Å². The quantitative estimate of drug-likeness (QED) is 0.458. The van der Waals surface area contributed by atoms with Gasteiger partial charge in [-0.15, -0.1) is 0 Å². The third-order valence-electron chi connectivity index (χ3n) is 5.31. The molecule has 0 saturated carbocycles. The molecule has 0 radical (unpaired) electrons. The molecule has 0 heterocycles. The minimum Gasteiger partial charge on any atom is -0.493 e. The highest BCUT2D eigenvalue weighted by atomic mass is 35.5. The van der Waals surface area contributed by atoms with Crippen LogP contribution < -0.4 is 4.74 Å². The summed E-state index contributed by atoms with van der Waals surface area (Å²) in [6.07, 6.45) is 1.64. The standard InChI is InChI=1S/C25H34Cl2O2/c1-9-29-23-18(24(3,4)5)13-16(14-19(23)25(6,7)8)10-11-20(28)17-12-15(2)21(26)22(17)27/h13-14H,9-12H2,1-8H3. The van der Waals surface area contributed by atoms with Gasteiger partial charge in [-0.2, -0.15) is 0 Å². The van der Waals surface area contributed by atoms with E-state index in [1.807, 2.05) is 13.8 Å². The van der Waals surface area contributed by atoms with Gasteiger partial charge in [0.1, 0.15) is 5.75 Å². The summed E-state index contributed by atoms with van der Waals surface area (Å²) in [6.45, 7) is 17.8. The van der Waals surface area contributed by atoms with Gasteiger partial charge in [0.25, 0.3) is 0 Å². The van der Waals surface area contributed by atoms with Crippen LogP contribution in [0.25, 0.3) is 0 Å². The van der Waals surface area contributed by atoms with Crippen molar-refractivity contribution in [2.45, 2.75) is 85.5 Å². The monoisotopic (exact) mass is 436 g/mol. The Hall–Kier alpha value is -1.25. The molecule has 0 saturated heterocycles. The zero-order valence-corrected chi connectivity index (χ0v) is 20.6. The van der Waals surface area contributed by atoms with Gasteiger partial charge in [-0.25, -0.2) is 0 Å². The van der Waals surface area contributed by atoms with Crippen molar-refractivity contribution in [1.82, 2.24) is 0 Å². The molecular formula is C25H34Cl2O2. The zero-order valence-electron chi connectivity index (χ0n) is 19.1. The van der Waals surface area contributed by atoms with E-state index in [-0.39, 0.29) is 16.6 Å². The third kappa shape index (κ3) is 5.47. The molecule has 0 N–H and O–H groups in total. The summed E-state index contributed by atoms with van der Waals surface area (Å²) in [5.74, 6) is 1.06. The molecule has 4 heteroatoms. The first-order valence-electron chi connectivity index (χ1n) is 10.4. The maximum absolute atomic E-state index is 12.8. The summed E-state index contributed by atoms with van der Waals surface area (Å²) < 4.78 is 6.11. The van der Waals surface area contributed by atoms with Crippen molar-refractivity contribution in [3.05, 3.63) is 50.0 Å². The van der Waals surface area contributed by atoms with E-state index in [0.717, 1.165) is 16.9 Å². The van der Waals surface area contributed by atoms with E-state index >= 15 is 0 Å². The van der Waals surface area contributed by atoms with Gasteiger partial charge >= 0.3 is 0 Å². The number of hydrogen-bond donors (Lipinski definition) is 0. The van der Waals surface area contributed by atoms with Gasteiger partial charge in [-0.05, 0) is 48.7 Å². The fraction of sp³-hybridized carbons (Fsp3) is 0.560. The molecule has 160 valence electrons. The van der Waals surface area contributed by atoms with Gasteiger partial charge in [0.15, 0.2) is 5.78 Å². The van der Waals surface area contributed by atoms with Crippen molar-refractivity contribution >= 4 is 29.0 Å². The highest BCUT2D eigenvalue weighted by Gasteiger charge is 2.28. The first kappa shape index (κ1) is 24.0. The molecule has 0 bridgehead atoms. The fourth-order valence-corrected chi connectivity index (χ4v) is 4.13. The molecule has 1 aliphatic rings. The van der Waals surface area contributed by atoms with E-state index in [1.54, 1.807) is 0 Å². The topological polar surface area (TPSA) is 26.3 Å². The Balaban J connectivity index is 2.38. The number of ether oxygens (including phenoxy) is 1. The Labute approximate surface area is 186 Å². The Morgan fingerprint density at radius 3 is 1.90 bits per heavy atom. The second-order valence-electron chi connectivity index (χ2n) is 9.94. The SMILES string of the molecule is CCOc1c(C(C)(C)C)cc(CCC(=O)C2=C(Cl)C(Cl)=C(C)C2)cc1C(C)(C)C. The molecule has 0 unspecified atom stereocenters. The smallest absolute Gasteiger partial charge is 0.161 e. The molecule has 1 aliphatic carbocycles. The lowest BCUT2D eigenvalue weighted by Gasteiger charge is -2.30. The predicted molar refractivity (Wildman–Crippen MR) is 124 cm³/mol. The number of carbonyl (C=O) groups is 1. The largest absolute Gasteiger partial charge is 0.493 e. The van der Waals surface area contributed by atoms with Crippen molar-refractivity contribution in [3.8, 4) is 5.75 Å². The van der Waals surface area contributed by atoms with Gasteiger partial charge in [0.2, 0.25) is 0 Å². The number of aryl methyl sites for hydroxylation is 1. The Morgan fingerprint density at radius 1 is 1.00 bits per heavy atom. The minimum absolute atomic E-state index is 0.0592. The summed E-state index contributed by atoms with van der Waals surface area (Å²) in [4.78, 5) is 12.8. The highest BCUT2D eigenvalue weighted by molar-refractivity contribution is 6.46. The van der Waals surface area contributed by atoms with E-state index in [9.17, 15) is 4.79 Å². The number of hydrogen-bond acceptors (Lipinski definition) is 2. The van der Waals surface area contributed by atoms with Gasteiger partial charge in [-0.1, -0.05) is 76.9 Å². The van der Waals surface area contributed by atoms with Crippen molar-refractivity contribution in [2.24, 2.45) is 0 Å². The van der Waals surface area contributed by atoms with Gasteiger partial charge in [0.05, 0.1) is 16.7 Å².